The highest BCUT2D eigenvalue weighted by Gasteiger charge is 2.19. The second-order valence-electron chi connectivity index (χ2n) is 5.79. The minimum atomic E-state index is -0.0661. The molecule has 1 aromatic carbocycles. The van der Waals surface area contributed by atoms with Crippen LogP contribution in [-0.4, -0.2) is 43.2 Å². The summed E-state index contributed by atoms with van der Waals surface area (Å²) in [5.41, 5.74) is 1.02. The first kappa shape index (κ1) is 18.9. The van der Waals surface area contributed by atoms with Crippen molar-refractivity contribution in [2.24, 2.45) is 0 Å². The Morgan fingerprint density at radius 3 is 2.75 bits per heavy atom. The standard InChI is InChI=1S/C18H28N2O3S/c1-4-22-16-7-6-14(10-17(16)23-5-2)13(3)20-18(21)11-15-12-24-9-8-19-15/h6-7,10,13,15,19H,4-5,8-9,11-12H2,1-3H3,(H,20,21). The molecule has 24 heavy (non-hydrogen) atoms. The van der Waals surface area contributed by atoms with Gasteiger partial charge in [0.2, 0.25) is 5.91 Å². The van der Waals surface area contributed by atoms with Crippen LogP contribution in [0.25, 0.3) is 0 Å². The van der Waals surface area contributed by atoms with Gasteiger partial charge < -0.3 is 20.1 Å². The second kappa shape index (κ2) is 9.79. The number of amides is 1. The number of hydrogen-bond acceptors (Lipinski definition) is 5. The second-order valence-corrected chi connectivity index (χ2v) is 6.94. The van der Waals surface area contributed by atoms with Crippen LogP contribution in [0, 0.1) is 0 Å². The van der Waals surface area contributed by atoms with Gasteiger partial charge in [-0.1, -0.05) is 6.07 Å². The number of ether oxygens (including phenoxy) is 2. The van der Waals surface area contributed by atoms with Crippen LogP contribution in [0.3, 0.4) is 0 Å². The molecule has 1 saturated heterocycles. The number of nitrogens with one attached hydrogen (secondary N) is 2. The molecule has 1 amide bonds. The van der Waals surface area contributed by atoms with E-state index in [-0.39, 0.29) is 18.0 Å². The molecule has 1 heterocycles. The largest absolute Gasteiger partial charge is 0.490 e. The Labute approximate surface area is 148 Å². The van der Waals surface area contributed by atoms with Gasteiger partial charge >= 0.3 is 0 Å². The van der Waals surface area contributed by atoms with Crippen molar-refractivity contribution in [2.75, 3.05) is 31.3 Å². The SMILES string of the molecule is CCOc1ccc(C(C)NC(=O)CC2CSCCN2)cc1OCC. The highest BCUT2D eigenvalue weighted by atomic mass is 32.2. The molecular weight excluding hydrogens is 324 g/mol. The van der Waals surface area contributed by atoms with Crippen LogP contribution in [0.1, 0.15) is 38.8 Å². The van der Waals surface area contributed by atoms with Gasteiger partial charge in [0.05, 0.1) is 19.3 Å². The molecule has 6 heteroatoms. The van der Waals surface area contributed by atoms with E-state index in [1.807, 2.05) is 50.7 Å². The van der Waals surface area contributed by atoms with Gasteiger partial charge in [0.25, 0.3) is 0 Å². The highest BCUT2D eigenvalue weighted by molar-refractivity contribution is 7.99. The lowest BCUT2D eigenvalue weighted by Gasteiger charge is -2.24. The highest BCUT2D eigenvalue weighted by Crippen LogP contribution is 2.30. The quantitative estimate of drug-likeness (QED) is 0.753. The molecule has 0 bridgehead atoms. The van der Waals surface area contributed by atoms with Gasteiger partial charge in [-0.3, -0.25) is 4.79 Å². The Morgan fingerprint density at radius 1 is 1.33 bits per heavy atom. The van der Waals surface area contributed by atoms with E-state index in [9.17, 15) is 4.79 Å². The zero-order chi connectivity index (χ0) is 17.4. The van der Waals surface area contributed by atoms with Crippen LogP contribution in [0.2, 0.25) is 0 Å². The summed E-state index contributed by atoms with van der Waals surface area (Å²) < 4.78 is 11.2. The number of hydrogen-bond donors (Lipinski definition) is 2. The Bertz CT molecular complexity index is 533. The summed E-state index contributed by atoms with van der Waals surface area (Å²) in [7, 11) is 0. The monoisotopic (exact) mass is 352 g/mol. The Balaban J connectivity index is 1.96. The molecule has 0 aliphatic carbocycles. The normalized spacial score (nSPS) is 18.7. The van der Waals surface area contributed by atoms with Gasteiger partial charge in [-0.25, -0.2) is 0 Å². The minimum Gasteiger partial charge on any atom is -0.490 e. The van der Waals surface area contributed by atoms with Crippen molar-refractivity contribution in [1.82, 2.24) is 10.6 Å². The van der Waals surface area contributed by atoms with Gasteiger partial charge in [-0.2, -0.15) is 11.8 Å². The maximum atomic E-state index is 12.3. The van der Waals surface area contributed by atoms with Gasteiger partial charge in [-0.15, -0.1) is 0 Å². The molecule has 2 rings (SSSR count). The third-order valence-corrected chi connectivity index (χ3v) is 5.01. The third kappa shape index (κ3) is 5.60. The molecule has 1 aliphatic heterocycles. The third-order valence-electron chi connectivity index (χ3n) is 3.88. The fraction of sp³-hybridized carbons (Fsp3) is 0.611. The van der Waals surface area contributed by atoms with Crippen LogP contribution < -0.4 is 20.1 Å². The van der Waals surface area contributed by atoms with E-state index in [1.165, 1.54) is 0 Å². The van der Waals surface area contributed by atoms with Gasteiger partial charge in [0, 0.05) is 30.5 Å². The summed E-state index contributed by atoms with van der Waals surface area (Å²) in [5.74, 6) is 3.67. The molecule has 0 saturated carbocycles. The van der Waals surface area contributed by atoms with E-state index in [4.69, 9.17) is 9.47 Å². The Kier molecular flexibility index (Phi) is 7.72. The van der Waals surface area contributed by atoms with E-state index < -0.39 is 0 Å². The van der Waals surface area contributed by atoms with E-state index in [0.717, 1.165) is 35.1 Å². The van der Waals surface area contributed by atoms with Crippen molar-refractivity contribution in [3.05, 3.63) is 23.8 Å². The summed E-state index contributed by atoms with van der Waals surface area (Å²) >= 11 is 1.90. The first-order chi connectivity index (χ1) is 11.6. The lowest BCUT2D eigenvalue weighted by Crippen LogP contribution is -2.41. The predicted octanol–water partition coefficient (Wildman–Crippen LogP) is 2.76. The minimum absolute atomic E-state index is 0.0661. The molecule has 1 fully saturated rings. The molecule has 0 aromatic heterocycles. The lowest BCUT2D eigenvalue weighted by atomic mass is 10.1. The van der Waals surface area contributed by atoms with Crippen molar-refractivity contribution in [1.29, 1.82) is 0 Å². The molecule has 2 N–H and O–H groups in total. The molecule has 1 aliphatic rings. The van der Waals surface area contributed by atoms with Gasteiger partial charge in [0.15, 0.2) is 11.5 Å². The number of thioether (sulfide) groups is 1. The molecule has 0 spiro atoms. The maximum absolute atomic E-state index is 12.3. The van der Waals surface area contributed by atoms with Crippen LogP contribution >= 0.6 is 11.8 Å². The molecular formula is C18H28N2O3S. The van der Waals surface area contributed by atoms with E-state index in [2.05, 4.69) is 10.6 Å². The topological polar surface area (TPSA) is 59.6 Å². The molecule has 5 nitrogen and oxygen atoms in total. The van der Waals surface area contributed by atoms with E-state index in [1.54, 1.807) is 0 Å². The number of rotatable bonds is 8. The predicted molar refractivity (Wildman–Crippen MR) is 99.1 cm³/mol. The summed E-state index contributed by atoms with van der Waals surface area (Å²) in [6.07, 6.45) is 0.521. The summed E-state index contributed by atoms with van der Waals surface area (Å²) in [5, 5.41) is 6.47. The molecule has 0 radical (unpaired) electrons. The number of carbonyl (C=O) groups is 1. The van der Waals surface area contributed by atoms with Crippen LogP contribution in [0.15, 0.2) is 18.2 Å². The van der Waals surface area contributed by atoms with Crippen molar-refractivity contribution >= 4 is 17.7 Å². The number of benzene rings is 1. The van der Waals surface area contributed by atoms with Crippen molar-refractivity contribution in [3.63, 3.8) is 0 Å². The fourth-order valence-corrected chi connectivity index (χ4v) is 3.64. The molecule has 2 unspecified atom stereocenters. The van der Waals surface area contributed by atoms with Gasteiger partial charge in [0.1, 0.15) is 0 Å². The smallest absolute Gasteiger partial charge is 0.222 e. The van der Waals surface area contributed by atoms with Crippen molar-refractivity contribution < 1.29 is 14.3 Å². The van der Waals surface area contributed by atoms with Crippen molar-refractivity contribution in [2.45, 2.75) is 39.3 Å². The zero-order valence-electron chi connectivity index (χ0n) is 14.8. The number of carbonyl (C=O) groups excluding carboxylic acids is 1. The Hall–Kier alpha value is -1.40. The Morgan fingerprint density at radius 2 is 2.08 bits per heavy atom. The first-order valence-corrected chi connectivity index (χ1v) is 9.79. The van der Waals surface area contributed by atoms with Crippen molar-refractivity contribution in [3.8, 4) is 11.5 Å². The van der Waals surface area contributed by atoms with Crippen LogP contribution in [0.4, 0.5) is 0 Å². The molecule has 2 atom stereocenters. The van der Waals surface area contributed by atoms with Gasteiger partial charge in [-0.05, 0) is 38.5 Å². The van der Waals surface area contributed by atoms with Crippen LogP contribution in [-0.2, 0) is 4.79 Å². The summed E-state index contributed by atoms with van der Waals surface area (Å²) in [4.78, 5) is 12.3. The summed E-state index contributed by atoms with van der Waals surface area (Å²) in [6.45, 7) is 8.04. The first-order valence-electron chi connectivity index (χ1n) is 8.64. The molecule has 134 valence electrons. The van der Waals surface area contributed by atoms with E-state index in [0.29, 0.717) is 19.6 Å². The summed E-state index contributed by atoms with van der Waals surface area (Å²) in [6, 6.07) is 6.05. The average molecular weight is 353 g/mol. The maximum Gasteiger partial charge on any atom is 0.222 e. The molecule has 1 aromatic rings. The van der Waals surface area contributed by atoms with Crippen LogP contribution in [0.5, 0.6) is 11.5 Å². The zero-order valence-corrected chi connectivity index (χ0v) is 15.6. The van der Waals surface area contributed by atoms with E-state index >= 15 is 0 Å². The average Bonchev–Trinajstić information content (AvgIpc) is 2.57. The fourth-order valence-electron chi connectivity index (χ4n) is 2.70. The lowest BCUT2D eigenvalue weighted by molar-refractivity contribution is -0.122.